The predicted octanol–water partition coefficient (Wildman–Crippen LogP) is 3.64. The molecule has 6 nitrogen and oxygen atoms in total. The average molecular weight is 423 g/mol. The molecule has 1 amide bonds. The normalized spacial score (nSPS) is 19.2. The highest BCUT2D eigenvalue weighted by Gasteiger charge is 2.28. The molecule has 0 radical (unpaired) electrons. The summed E-state index contributed by atoms with van der Waals surface area (Å²) in [7, 11) is -3.56. The zero-order valence-electron chi connectivity index (χ0n) is 17.5. The minimum absolute atomic E-state index is 0.238. The molecule has 1 aliphatic carbocycles. The van der Waals surface area contributed by atoms with Gasteiger partial charge >= 0.3 is 0 Å². The molecule has 2 fully saturated rings. The fourth-order valence-corrected chi connectivity index (χ4v) is 5.89. The highest BCUT2D eigenvalue weighted by molar-refractivity contribution is 7.89. The predicted molar refractivity (Wildman–Crippen MR) is 114 cm³/mol. The minimum Gasteiger partial charge on any atom is -0.378 e. The first-order chi connectivity index (χ1) is 14.0. The van der Waals surface area contributed by atoms with Gasteiger partial charge in [0, 0.05) is 31.8 Å². The number of sulfonamides is 1. The third kappa shape index (κ3) is 6.03. The number of rotatable bonds is 8. The number of carbonyl (C=O) groups is 1. The van der Waals surface area contributed by atoms with E-state index >= 15 is 0 Å². The van der Waals surface area contributed by atoms with E-state index in [1.165, 1.54) is 25.3 Å². The second-order valence-electron chi connectivity index (χ2n) is 8.19. The van der Waals surface area contributed by atoms with Crippen LogP contribution in [0.2, 0.25) is 0 Å². The van der Waals surface area contributed by atoms with E-state index in [1.807, 2.05) is 0 Å². The molecule has 0 spiro atoms. The molecule has 0 unspecified atom stereocenters. The summed E-state index contributed by atoms with van der Waals surface area (Å²) in [4.78, 5) is 12.8. The molecule has 29 heavy (non-hydrogen) atoms. The van der Waals surface area contributed by atoms with E-state index in [2.05, 4.69) is 5.32 Å². The molecule has 2 aliphatic rings. The maximum atomic E-state index is 13.0. The van der Waals surface area contributed by atoms with Gasteiger partial charge in [-0.25, -0.2) is 8.42 Å². The first-order valence-corrected chi connectivity index (χ1v) is 12.4. The summed E-state index contributed by atoms with van der Waals surface area (Å²) in [6, 6.07) is 4.93. The Balaban J connectivity index is 1.53. The van der Waals surface area contributed by atoms with Crippen LogP contribution in [-0.4, -0.2) is 51.0 Å². The van der Waals surface area contributed by atoms with E-state index in [-0.39, 0.29) is 10.8 Å². The second kappa shape index (κ2) is 10.5. The van der Waals surface area contributed by atoms with Crippen molar-refractivity contribution in [1.82, 2.24) is 9.62 Å². The van der Waals surface area contributed by atoms with Crippen LogP contribution in [0.25, 0.3) is 0 Å². The van der Waals surface area contributed by atoms with Crippen LogP contribution in [-0.2, 0) is 14.8 Å². The highest BCUT2D eigenvalue weighted by Crippen LogP contribution is 2.24. The molecule has 1 aromatic rings. The summed E-state index contributed by atoms with van der Waals surface area (Å²) >= 11 is 0. The molecular formula is C22H34N2O4S. The summed E-state index contributed by atoms with van der Waals surface area (Å²) in [6.45, 7) is 4.06. The van der Waals surface area contributed by atoms with Gasteiger partial charge in [0.1, 0.15) is 0 Å². The van der Waals surface area contributed by atoms with Crippen LogP contribution in [0, 0.1) is 6.92 Å². The van der Waals surface area contributed by atoms with Gasteiger partial charge < -0.3 is 10.1 Å². The Morgan fingerprint density at radius 2 is 1.79 bits per heavy atom. The topological polar surface area (TPSA) is 75.7 Å². The molecule has 7 heteroatoms. The Labute approximate surface area is 175 Å². The van der Waals surface area contributed by atoms with Gasteiger partial charge in [0.15, 0.2) is 0 Å². The fourth-order valence-electron chi connectivity index (χ4n) is 4.12. The zero-order valence-corrected chi connectivity index (χ0v) is 18.3. The van der Waals surface area contributed by atoms with Crippen LogP contribution in [0.1, 0.15) is 73.7 Å². The lowest BCUT2D eigenvalue weighted by atomic mass is 9.98. The molecule has 1 saturated carbocycles. The summed E-state index contributed by atoms with van der Waals surface area (Å²) in [5, 5.41) is 2.89. The standard InChI is InChI=1S/C22H34N2O4S/c1-18-11-12-19(17-21(18)29(26,27)24-14-6-3-7-15-24)22(25)23-13-8-16-28-20-9-4-2-5-10-20/h11-12,17,20H,2-10,13-16H2,1H3,(H,23,25). The maximum Gasteiger partial charge on any atom is 0.251 e. The number of amides is 1. The smallest absolute Gasteiger partial charge is 0.251 e. The largest absolute Gasteiger partial charge is 0.378 e. The Morgan fingerprint density at radius 3 is 2.52 bits per heavy atom. The van der Waals surface area contributed by atoms with Gasteiger partial charge in [-0.1, -0.05) is 31.7 Å². The number of piperidine rings is 1. The van der Waals surface area contributed by atoms with Crippen molar-refractivity contribution < 1.29 is 17.9 Å². The van der Waals surface area contributed by atoms with Crippen LogP contribution in [0.4, 0.5) is 0 Å². The SMILES string of the molecule is Cc1ccc(C(=O)NCCCOC2CCCCC2)cc1S(=O)(=O)N1CCCCC1. The molecule has 0 aromatic heterocycles. The van der Waals surface area contributed by atoms with Crippen molar-refractivity contribution in [3.05, 3.63) is 29.3 Å². The summed E-state index contributed by atoms with van der Waals surface area (Å²) in [5.41, 5.74) is 1.06. The molecular weight excluding hydrogens is 388 g/mol. The number of carbonyl (C=O) groups excluding carboxylic acids is 1. The van der Waals surface area contributed by atoms with Crippen LogP contribution < -0.4 is 5.32 Å². The van der Waals surface area contributed by atoms with Crippen molar-refractivity contribution in [3.8, 4) is 0 Å². The molecule has 1 aliphatic heterocycles. The van der Waals surface area contributed by atoms with Gasteiger partial charge in [0.05, 0.1) is 11.0 Å². The molecule has 1 aromatic carbocycles. The quantitative estimate of drug-likeness (QED) is 0.649. The van der Waals surface area contributed by atoms with Crippen molar-refractivity contribution in [2.75, 3.05) is 26.2 Å². The first-order valence-electron chi connectivity index (χ1n) is 11.0. The molecule has 162 valence electrons. The third-order valence-corrected chi connectivity index (χ3v) is 7.94. The lowest BCUT2D eigenvalue weighted by Gasteiger charge is -2.26. The number of aryl methyl sites for hydroxylation is 1. The number of nitrogens with zero attached hydrogens (tertiary/aromatic N) is 1. The Kier molecular flexibility index (Phi) is 8.09. The Bertz CT molecular complexity index is 782. The van der Waals surface area contributed by atoms with Gasteiger partial charge in [0.2, 0.25) is 10.0 Å². The molecule has 1 saturated heterocycles. The number of hydrogen-bond acceptors (Lipinski definition) is 4. The van der Waals surface area contributed by atoms with E-state index in [1.54, 1.807) is 23.4 Å². The summed E-state index contributed by atoms with van der Waals surface area (Å²) < 4.78 is 33.4. The lowest BCUT2D eigenvalue weighted by molar-refractivity contribution is 0.0273. The van der Waals surface area contributed by atoms with E-state index in [0.717, 1.165) is 38.5 Å². The van der Waals surface area contributed by atoms with E-state index < -0.39 is 10.0 Å². The molecule has 1 N–H and O–H groups in total. The number of nitrogens with one attached hydrogen (secondary N) is 1. The van der Waals surface area contributed by atoms with Crippen LogP contribution in [0.15, 0.2) is 23.1 Å². The number of benzene rings is 1. The van der Waals surface area contributed by atoms with Gasteiger partial charge in [-0.2, -0.15) is 4.31 Å². The van der Waals surface area contributed by atoms with Crippen molar-refractivity contribution >= 4 is 15.9 Å². The van der Waals surface area contributed by atoms with Crippen molar-refractivity contribution in [1.29, 1.82) is 0 Å². The van der Waals surface area contributed by atoms with Crippen LogP contribution in [0.5, 0.6) is 0 Å². The monoisotopic (exact) mass is 422 g/mol. The van der Waals surface area contributed by atoms with Crippen LogP contribution in [0.3, 0.4) is 0 Å². The summed E-state index contributed by atoms with van der Waals surface area (Å²) in [5.74, 6) is -0.238. The van der Waals surface area contributed by atoms with Crippen molar-refractivity contribution in [3.63, 3.8) is 0 Å². The highest BCUT2D eigenvalue weighted by atomic mass is 32.2. The first kappa shape index (κ1) is 22.2. The second-order valence-corrected chi connectivity index (χ2v) is 10.1. The summed E-state index contributed by atoms with van der Waals surface area (Å²) in [6.07, 6.45) is 10.1. The third-order valence-electron chi connectivity index (χ3n) is 5.90. The zero-order chi connectivity index (χ0) is 20.7. The number of hydrogen-bond donors (Lipinski definition) is 1. The van der Waals surface area contributed by atoms with E-state index in [9.17, 15) is 13.2 Å². The minimum atomic E-state index is -3.56. The number of ether oxygens (including phenoxy) is 1. The molecule has 0 atom stereocenters. The lowest BCUT2D eigenvalue weighted by Crippen LogP contribution is -2.36. The van der Waals surface area contributed by atoms with Gasteiger partial charge in [0.25, 0.3) is 5.91 Å². The van der Waals surface area contributed by atoms with Crippen molar-refractivity contribution in [2.45, 2.75) is 75.7 Å². The Morgan fingerprint density at radius 1 is 1.10 bits per heavy atom. The van der Waals surface area contributed by atoms with Gasteiger partial charge in [-0.05, 0) is 56.7 Å². The average Bonchev–Trinajstić information content (AvgIpc) is 2.75. The van der Waals surface area contributed by atoms with E-state index in [0.29, 0.717) is 43.5 Å². The molecule has 3 rings (SSSR count). The van der Waals surface area contributed by atoms with Crippen LogP contribution >= 0.6 is 0 Å². The molecule has 1 heterocycles. The van der Waals surface area contributed by atoms with Gasteiger partial charge in [-0.15, -0.1) is 0 Å². The Hall–Kier alpha value is -1.44. The van der Waals surface area contributed by atoms with Gasteiger partial charge in [-0.3, -0.25) is 4.79 Å². The molecule has 0 bridgehead atoms. The van der Waals surface area contributed by atoms with E-state index in [4.69, 9.17) is 4.74 Å². The van der Waals surface area contributed by atoms with Crippen molar-refractivity contribution in [2.24, 2.45) is 0 Å². The fraction of sp³-hybridized carbons (Fsp3) is 0.682. The maximum absolute atomic E-state index is 13.0.